The molecule has 10 nitrogen and oxygen atoms in total. The van der Waals surface area contributed by atoms with Gasteiger partial charge in [-0.1, -0.05) is 44.2 Å². The fourth-order valence-corrected chi connectivity index (χ4v) is 6.45. The first-order valence-corrected chi connectivity index (χ1v) is 14.4. The summed E-state index contributed by atoms with van der Waals surface area (Å²) in [6, 6.07) is 14.5. The molecule has 2 aliphatic heterocycles. The zero-order chi connectivity index (χ0) is 27.3. The number of carbonyl (C=O) groups excluding carboxylic acids is 1. The van der Waals surface area contributed by atoms with Crippen LogP contribution in [-0.2, 0) is 30.7 Å². The van der Waals surface area contributed by atoms with Gasteiger partial charge in [0.2, 0.25) is 10.0 Å². The van der Waals surface area contributed by atoms with Gasteiger partial charge in [-0.15, -0.1) is 0 Å². The number of aliphatic hydroxyl groups excluding tert-OH is 1. The Morgan fingerprint density at radius 1 is 1.13 bits per heavy atom. The number of nitrogens with zero attached hydrogens (tertiary/aromatic N) is 1. The van der Waals surface area contributed by atoms with Crippen LogP contribution in [0.2, 0.25) is 0 Å². The smallest absolute Gasteiger partial charge is 0.407 e. The normalized spacial score (nSPS) is 22.8. The van der Waals surface area contributed by atoms with Gasteiger partial charge in [0.05, 0.1) is 36.2 Å². The van der Waals surface area contributed by atoms with E-state index >= 15 is 0 Å². The van der Waals surface area contributed by atoms with Gasteiger partial charge in [-0.25, -0.2) is 13.2 Å². The number of hydrogen-bond acceptors (Lipinski definition) is 8. The van der Waals surface area contributed by atoms with Gasteiger partial charge >= 0.3 is 6.09 Å². The van der Waals surface area contributed by atoms with E-state index in [2.05, 4.69) is 5.32 Å². The molecule has 2 aromatic rings. The van der Waals surface area contributed by atoms with Gasteiger partial charge in [0.25, 0.3) is 0 Å². The number of nitrogen functional groups attached to an aromatic ring is 1. The molecule has 2 fully saturated rings. The van der Waals surface area contributed by atoms with Crippen molar-refractivity contribution in [1.29, 1.82) is 0 Å². The number of rotatable bonds is 11. The van der Waals surface area contributed by atoms with E-state index < -0.39 is 34.4 Å². The highest BCUT2D eigenvalue weighted by Crippen LogP contribution is 2.33. The highest BCUT2D eigenvalue weighted by molar-refractivity contribution is 7.89. The highest BCUT2D eigenvalue weighted by atomic mass is 32.2. The van der Waals surface area contributed by atoms with Gasteiger partial charge in [0.1, 0.15) is 6.10 Å². The summed E-state index contributed by atoms with van der Waals surface area (Å²) in [6.45, 7) is 4.58. The maximum Gasteiger partial charge on any atom is 0.407 e. The molecule has 0 aromatic heterocycles. The van der Waals surface area contributed by atoms with Gasteiger partial charge in [0.15, 0.2) is 6.29 Å². The van der Waals surface area contributed by atoms with Crippen LogP contribution in [0.4, 0.5) is 10.5 Å². The van der Waals surface area contributed by atoms with E-state index in [-0.39, 0.29) is 49.1 Å². The minimum atomic E-state index is -3.93. The van der Waals surface area contributed by atoms with E-state index in [9.17, 15) is 18.3 Å². The third kappa shape index (κ3) is 7.03. The van der Waals surface area contributed by atoms with Crippen molar-refractivity contribution in [3.63, 3.8) is 0 Å². The minimum Gasteiger partial charge on any atom is -0.443 e. The number of hydrogen-bond donors (Lipinski definition) is 3. The average molecular weight is 548 g/mol. The third-order valence-corrected chi connectivity index (χ3v) is 8.63. The molecule has 0 spiro atoms. The topological polar surface area (TPSA) is 140 Å². The minimum absolute atomic E-state index is 0.000183. The summed E-state index contributed by atoms with van der Waals surface area (Å²) < 4.78 is 44.9. The van der Waals surface area contributed by atoms with E-state index in [1.54, 1.807) is 0 Å². The largest absolute Gasteiger partial charge is 0.443 e. The Labute approximate surface area is 224 Å². The molecule has 0 saturated carbocycles. The van der Waals surface area contributed by atoms with Crippen molar-refractivity contribution >= 4 is 21.8 Å². The van der Waals surface area contributed by atoms with Gasteiger partial charge in [-0.05, 0) is 48.6 Å². The number of nitrogens with two attached hydrogens (primary N) is 1. The summed E-state index contributed by atoms with van der Waals surface area (Å²) in [7, 11) is -3.93. The molecule has 3 unspecified atom stereocenters. The lowest BCUT2D eigenvalue weighted by atomic mass is 10.0. The Morgan fingerprint density at radius 2 is 1.84 bits per heavy atom. The lowest BCUT2D eigenvalue weighted by Gasteiger charge is -2.31. The molecule has 38 heavy (non-hydrogen) atoms. The van der Waals surface area contributed by atoms with Crippen molar-refractivity contribution in [2.24, 2.45) is 11.8 Å². The number of ether oxygens (including phenoxy) is 3. The number of alkyl carbamates (subject to hydrolysis) is 1. The lowest BCUT2D eigenvalue weighted by Crippen LogP contribution is -2.51. The molecule has 0 bridgehead atoms. The van der Waals surface area contributed by atoms with E-state index in [1.807, 2.05) is 44.2 Å². The molecule has 1 amide bonds. The fourth-order valence-electron chi connectivity index (χ4n) is 4.82. The van der Waals surface area contributed by atoms with Crippen molar-refractivity contribution in [3.05, 3.63) is 60.2 Å². The van der Waals surface area contributed by atoms with E-state index in [0.29, 0.717) is 12.3 Å². The number of nitrogens with one attached hydrogen (secondary N) is 1. The van der Waals surface area contributed by atoms with Crippen LogP contribution in [0.5, 0.6) is 0 Å². The second-order valence-corrected chi connectivity index (χ2v) is 12.2. The molecule has 2 aliphatic rings. The van der Waals surface area contributed by atoms with Crippen LogP contribution >= 0.6 is 0 Å². The zero-order valence-electron chi connectivity index (χ0n) is 21.7. The predicted octanol–water partition coefficient (Wildman–Crippen LogP) is 2.38. The van der Waals surface area contributed by atoms with Gasteiger partial charge in [0, 0.05) is 18.8 Å². The summed E-state index contributed by atoms with van der Waals surface area (Å²) in [5.74, 6) is -0.0231. The van der Waals surface area contributed by atoms with Crippen LogP contribution in [0.3, 0.4) is 0 Å². The molecular formula is C27H37N3O7S. The van der Waals surface area contributed by atoms with Gasteiger partial charge in [-0.3, -0.25) is 0 Å². The molecule has 2 saturated heterocycles. The van der Waals surface area contributed by atoms with Crippen LogP contribution in [0.15, 0.2) is 59.5 Å². The van der Waals surface area contributed by atoms with Crippen LogP contribution in [0, 0.1) is 11.8 Å². The summed E-state index contributed by atoms with van der Waals surface area (Å²) in [4.78, 5) is 13.0. The number of fused-ring (bicyclic) bond motifs is 1. The Hall–Kier alpha value is -2.70. The first kappa shape index (κ1) is 28.3. The number of sulfonamides is 1. The van der Waals surface area contributed by atoms with Gasteiger partial charge in [-0.2, -0.15) is 4.31 Å². The number of carbonyl (C=O) groups is 1. The zero-order valence-corrected chi connectivity index (χ0v) is 22.5. The van der Waals surface area contributed by atoms with Crippen molar-refractivity contribution in [2.75, 3.05) is 32.0 Å². The SMILES string of the molecule is CC(C)CN(CC(O)C(Cc1ccccc1)NC(=O)OC1CO[C@@H]2OCC[C@@H]12)S(=O)(=O)c1ccc(N)cc1. The standard InChI is InChI=1S/C27H37N3O7S/c1-18(2)15-30(38(33,34)21-10-8-20(28)9-11-21)16-24(31)23(14-19-6-4-3-5-7-19)29-27(32)37-25-17-36-26-22(25)12-13-35-26/h3-11,18,22-26,31H,12-17,28H2,1-2H3,(H,29,32)/t22-,23?,24?,25?,26-/m0/s1. The third-order valence-electron chi connectivity index (χ3n) is 6.79. The second kappa shape index (κ2) is 12.4. The van der Waals surface area contributed by atoms with E-state index in [0.717, 1.165) is 12.0 Å². The maximum atomic E-state index is 13.5. The van der Waals surface area contributed by atoms with Crippen molar-refractivity contribution in [1.82, 2.24) is 9.62 Å². The number of aliphatic hydroxyl groups is 1. The van der Waals surface area contributed by atoms with Crippen molar-refractivity contribution in [3.8, 4) is 0 Å². The summed E-state index contributed by atoms with van der Waals surface area (Å²) in [6.07, 6.45) is -1.69. The van der Waals surface area contributed by atoms with Crippen LogP contribution < -0.4 is 11.1 Å². The Morgan fingerprint density at radius 3 is 2.53 bits per heavy atom. The number of anilines is 1. The first-order chi connectivity index (χ1) is 18.1. The highest BCUT2D eigenvalue weighted by Gasteiger charge is 2.44. The molecule has 4 rings (SSSR count). The number of amides is 1. The average Bonchev–Trinajstić information content (AvgIpc) is 3.49. The molecule has 2 heterocycles. The molecule has 0 radical (unpaired) electrons. The summed E-state index contributed by atoms with van der Waals surface area (Å²) >= 11 is 0. The van der Waals surface area contributed by atoms with Gasteiger partial charge < -0.3 is 30.4 Å². The van der Waals surface area contributed by atoms with Crippen LogP contribution in [-0.4, -0.2) is 74.8 Å². The molecule has 0 aliphatic carbocycles. The lowest BCUT2D eigenvalue weighted by molar-refractivity contribution is -0.0907. The quantitative estimate of drug-likeness (QED) is 0.364. The van der Waals surface area contributed by atoms with E-state index in [4.69, 9.17) is 19.9 Å². The monoisotopic (exact) mass is 547 g/mol. The molecule has 11 heteroatoms. The molecule has 208 valence electrons. The maximum absolute atomic E-state index is 13.5. The summed E-state index contributed by atoms with van der Waals surface area (Å²) in [5.41, 5.74) is 7.07. The van der Waals surface area contributed by atoms with Crippen LogP contribution in [0.1, 0.15) is 25.8 Å². The van der Waals surface area contributed by atoms with E-state index in [1.165, 1.54) is 28.6 Å². The first-order valence-electron chi connectivity index (χ1n) is 12.9. The second-order valence-electron chi connectivity index (χ2n) is 10.3. The Bertz CT molecular complexity index is 1160. The molecule has 4 N–H and O–H groups in total. The molecule has 2 aromatic carbocycles. The fraction of sp³-hybridized carbons (Fsp3) is 0.519. The molecule has 5 atom stereocenters. The summed E-state index contributed by atoms with van der Waals surface area (Å²) in [5, 5.41) is 14.1. The Kier molecular flexibility index (Phi) is 9.27. The van der Waals surface area contributed by atoms with Crippen molar-refractivity contribution in [2.45, 2.75) is 56.1 Å². The number of benzene rings is 2. The molecular weight excluding hydrogens is 510 g/mol. The van der Waals surface area contributed by atoms with Crippen molar-refractivity contribution < 1.29 is 32.5 Å². The Balaban J connectivity index is 1.51. The van der Waals surface area contributed by atoms with Crippen LogP contribution in [0.25, 0.3) is 0 Å². The predicted molar refractivity (Wildman–Crippen MR) is 142 cm³/mol.